The molecule has 0 fully saturated rings. The maximum atomic E-state index is 13.0. The fraction of sp³-hybridized carbons (Fsp3) is 0.0800. The van der Waals surface area contributed by atoms with Crippen molar-refractivity contribution in [2.75, 3.05) is 10.6 Å². The lowest BCUT2D eigenvalue weighted by molar-refractivity contribution is 0.102. The molecule has 0 saturated carbocycles. The van der Waals surface area contributed by atoms with Crippen molar-refractivity contribution < 1.29 is 9.59 Å². The maximum absolute atomic E-state index is 13.0. The molecule has 6 nitrogen and oxygen atoms in total. The monoisotopic (exact) mass is 488 g/mol. The molecule has 160 valence electrons. The lowest BCUT2D eigenvalue weighted by atomic mass is 10.1. The summed E-state index contributed by atoms with van der Waals surface area (Å²) in [6.45, 7) is 3.92. The van der Waals surface area contributed by atoms with Crippen molar-refractivity contribution in [3.8, 4) is 5.69 Å². The third-order valence-electron chi connectivity index (χ3n) is 4.90. The van der Waals surface area contributed by atoms with Crippen LogP contribution in [0, 0.1) is 13.8 Å². The highest BCUT2D eigenvalue weighted by molar-refractivity contribution is 9.10. The molecule has 0 spiro atoms. The molecule has 7 heteroatoms. The number of anilines is 2. The summed E-state index contributed by atoms with van der Waals surface area (Å²) in [5.74, 6) is -0.622. The van der Waals surface area contributed by atoms with Crippen molar-refractivity contribution >= 4 is 39.1 Å². The predicted octanol–water partition coefficient (Wildman–Crippen LogP) is 5.76. The molecule has 0 atom stereocenters. The number of nitrogens with one attached hydrogen (secondary N) is 2. The van der Waals surface area contributed by atoms with E-state index in [4.69, 9.17) is 0 Å². The summed E-state index contributed by atoms with van der Waals surface area (Å²) in [7, 11) is 0. The first-order chi connectivity index (χ1) is 15.4. The van der Waals surface area contributed by atoms with Gasteiger partial charge in [-0.25, -0.2) is 4.68 Å². The fourth-order valence-corrected chi connectivity index (χ4v) is 3.89. The lowest BCUT2D eigenvalue weighted by Gasteiger charge is -2.13. The zero-order valence-corrected chi connectivity index (χ0v) is 19.2. The van der Waals surface area contributed by atoms with Gasteiger partial charge in [0.2, 0.25) is 0 Å². The topological polar surface area (TPSA) is 76.0 Å². The number of aromatic nitrogens is 2. The van der Waals surface area contributed by atoms with Crippen molar-refractivity contribution in [3.05, 3.63) is 106 Å². The van der Waals surface area contributed by atoms with Gasteiger partial charge in [-0.1, -0.05) is 30.3 Å². The third kappa shape index (κ3) is 4.63. The van der Waals surface area contributed by atoms with E-state index in [1.54, 1.807) is 42.5 Å². The van der Waals surface area contributed by atoms with Gasteiger partial charge < -0.3 is 10.6 Å². The Morgan fingerprint density at radius 1 is 0.812 bits per heavy atom. The van der Waals surface area contributed by atoms with E-state index in [9.17, 15) is 9.59 Å². The first-order valence-corrected chi connectivity index (χ1v) is 10.8. The van der Waals surface area contributed by atoms with Gasteiger partial charge in [0.05, 0.1) is 28.2 Å². The molecule has 0 bridgehead atoms. The minimum Gasteiger partial charge on any atom is -0.322 e. The third-order valence-corrected chi connectivity index (χ3v) is 5.59. The second-order valence-corrected chi connectivity index (χ2v) is 8.18. The van der Waals surface area contributed by atoms with Crippen LogP contribution in [0.4, 0.5) is 11.4 Å². The van der Waals surface area contributed by atoms with Crippen molar-refractivity contribution in [1.29, 1.82) is 0 Å². The molecule has 4 aromatic rings. The molecule has 0 saturated heterocycles. The zero-order valence-electron chi connectivity index (χ0n) is 17.6. The fourth-order valence-electron chi connectivity index (χ4n) is 3.43. The number of halogens is 1. The maximum Gasteiger partial charge on any atom is 0.257 e. The lowest BCUT2D eigenvalue weighted by Crippen LogP contribution is -2.18. The molecule has 0 radical (unpaired) electrons. The number of benzene rings is 3. The number of aryl methyl sites for hydroxylation is 2. The number of amides is 2. The number of carbonyl (C=O) groups is 2. The number of rotatable bonds is 5. The van der Waals surface area contributed by atoms with E-state index in [-0.39, 0.29) is 11.8 Å². The second kappa shape index (κ2) is 9.20. The first-order valence-electron chi connectivity index (χ1n) is 10.0. The van der Waals surface area contributed by atoms with Gasteiger partial charge in [0.1, 0.15) is 0 Å². The standard InChI is InChI=1S/C25H21BrN4O2/c1-16-14-17(2)30(29-16)19-9-7-8-18(15-19)27-25(32)21-11-4-6-13-23(21)28-24(31)20-10-3-5-12-22(20)26/h3-15H,1-2H3,(H,27,32)(H,28,31). The first kappa shape index (κ1) is 21.5. The SMILES string of the molecule is Cc1cc(C)n(-c2cccc(NC(=O)c3ccccc3NC(=O)c3ccccc3Br)c2)n1. The van der Waals surface area contributed by atoms with Gasteiger partial charge in [-0.15, -0.1) is 0 Å². The van der Waals surface area contributed by atoms with Crippen LogP contribution < -0.4 is 10.6 Å². The summed E-state index contributed by atoms with van der Waals surface area (Å²) < 4.78 is 2.51. The molecule has 0 aliphatic rings. The Balaban J connectivity index is 1.56. The Labute approximate surface area is 194 Å². The highest BCUT2D eigenvalue weighted by atomic mass is 79.9. The van der Waals surface area contributed by atoms with Crippen molar-refractivity contribution in [2.45, 2.75) is 13.8 Å². The summed E-state index contributed by atoms with van der Waals surface area (Å²) in [5, 5.41) is 10.3. The van der Waals surface area contributed by atoms with Crippen molar-refractivity contribution in [2.24, 2.45) is 0 Å². The number of para-hydroxylation sites is 1. The number of nitrogens with zero attached hydrogens (tertiary/aromatic N) is 2. The van der Waals surface area contributed by atoms with Crippen LogP contribution in [0.1, 0.15) is 32.1 Å². The minimum atomic E-state index is -0.321. The van der Waals surface area contributed by atoms with Crippen LogP contribution in [-0.4, -0.2) is 21.6 Å². The highest BCUT2D eigenvalue weighted by Gasteiger charge is 2.16. The largest absolute Gasteiger partial charge is 0.322 e. The van der Waals surface area contributed by atoms with Crippen LogP contribution in [0.2, 0.25) is 0 Å². The van der Waals surface area contributed by atoms with Gasteiger partial charge in [0.15, 0.2) is 0 Å². The average Bonchev–Trinajstić information content (AvgIpc) is 3.12. The molecular formula is C25H21BrN4O2. The van der Waals surface area contributed by atoms with Crippen LogP contribution in [0.15, 0.2) is 83.3 Å². The van der Waals surface area contributed by atoms with E-state index in [1.807, 2.05) is 54.9 Å². The van der Waals surface area contributed by atoms with Gasteiger partial charge in [0.25, 0.3) is 11.8 Å². The molecule has 4 rings (SSSR count). The second-order valence-electron chi connectivity index (χ2n) is 7.32. The Bertz CT molecular complexity index is 1310. The minimum absolute atomic E-state index is 0.302. The molecule has 1 aromatic heterocycles. The van der Waals surface area contributed by atoms with Crippen molar-refractivity contribution in [1.82, 2.24) is 9.78 Å². The van der Waals surface area contributed by atoms with Gasteiger partial charge in [-0.05, 0) is 78.3 Å². The van der Waals surface area contributed by atoms with Gasteiger partial charge in [-0.3, -0.25) is 9.59 Å². The zero-order chi connectivity index (χ0) is 22.7. The molecule has 0 aliphatic heterocycles. The van der Waals surface area contributed by atoms with Crippen LogP contribution in [0.3, 0.4) is 0 Å². The number of hydrogen-bond acceptors (Lipinski definition) is 3. The predicted molar refractivity (Wildman–Crippen MR) is 130 cm³/mol. The van der Waals surface area contributed by atoms with Crippen LogP contribution >= 0.6 is 15.9 Å². The summed E-state index contributed by atoms with van der Waals surface area (Å²) in [5.41, 5.74) is 4.69. The molecule has 1 heterocycles. The Kier molecular flexibility index (Phi) is 6.18. The smallest absolute Gasteiger partial charge is 0.257 e. The summed E-state index contributed by atoms with van der Waals surface area (Å²) in [6.07, 6.45) is 0. The van der Waals surface area contributed by atoms with Gasteiger partial charge in [0, 0.05) is 15.9 Å². The average molecular weight is 489 g/mol. The Hall–Kier alpha value is -3.71. The Morgan fingerprint density at radius 3 is 2.22 bits per heavy atom. The normalized spacial score (nSPS) is 10.6. The van der Waals surface area contributed by atoms with Crippen LogP contribution in [-0.2, 0) is 0 Å². The Morgan fingerprint density at radius 2 is 1.50 bits per heavy atom. The number of hydrogen-bond donors (Lipinski definition) is 2. The summed E-state index contributed by atoms with van der Waals surface area (Å²) in [6, 6.07) is 23.5. The molecule has 0 unspecified atom stereocenters. The molecule has 0 aliphatic carbocycles. The van der Waals surface area contributed by atoms with Gasteiger partial charge >= 0.3 is 0 Å². The van der Waals surface area contributed by atoms with Crippen LogP contribution in [0.25, 0.3) is 5.69 Å². The van der Waals surface area contributed by atoms with E-state index in [1.165, 1.54) is 0 Å². The molecule has 32 heavy (non-hydrogen) atoms. The molecule has 2 amide bonds. The summed E-state index contributed by atoms with van der Waals surface area (Å²) >= 11 is 3.39. The van der Waals surface area contributed by atoms with E-state index in [0.717, 1.165) is 17.1 Å². The molecule has 3 aromatic carbocycles. The molecule has 2 N–H and O–H groups in total. The van der Waals surface area contributed by atoms with Gasteiger partial charge in [-0.2, -0.15) is 5.10 Å². The molecular weight excluding hydrogens is 468 g/mol. The number of carbonyl (C=O) groups excluding carboxylic acids is 2. The summed E-state index contributed by atoms with van der Waals surface area (Å²) in [4.78, 5) is 25.8. The highest BCUT2D eigenvalue weighted by Crippen LogP contribution is 2.22. The van der Waals surface area contributed by atoms with E-state index >= 15 is 0 Å². The van der Waals surface area contributed by atoms with Crippen LogP contribution in [0.5, 0.6) is 0 Å². The quantitative estimate of drug-likeness (QED) is 0.375. The van der Waals surface area contributed by atoms with E-state index < -0.39 is 0 Å². The van der Waals surface area contributed by atoms with E-state index in [2.05, 4.69) is 31.7 Å². The van der Waals surface area contributed by atoms with Crippen molar-refractivity contribution in [3.63, 3.8) is 0 Å². The van der Waals surface area contributed by atoms with E-state index in [0.29, 0.717) is 27.0 Å².